The van der Waals surface area contributed by atoms with Gasteiger partial charge in [0.15, 0.2) is 5.96 Å². The van der Waals surface area contributed by atoms with Crippen LogP contribution in [0.2, 0.25) is 0 Å². The van der Waals surface area contributed by atoms with Crippen molar-refractivity contribution in [3.63, 3.8) is 0 Å². The van der Waals surface area contributed by atoms with Crippen LogP contribution in [-0.4, -0.2) is 32.0 Å². The number of hydrogen-bond donors (Lipinski definition) is 3. The van der Waals surface area contributed by atoms with Gasteiger partial charge in [-0.15, -0.1) is 24.0 Å². The summed E-state index contributed by atoms with van der Waals surface area (Å²) in [5, 5.41) is 9.13. The second kappa shape index (κ2) is 12.3. The van der Waals surface area contributed by atoms with E-state index in [1.165, 1.54) is 6.07 Å². The molecule has 0 aromatic heterocycles. The Morgan fingerprint density at radius 1 is 1.11 bits per heavy atom. The molecule has 28 heavy (non-hydrogen) atoms. The molecule has 0 aliphatic carbocycles. The summed E-state index contributed by atoms with van der Waals surface area (Å²) in [4.78, 5) is 16.3. The average Bonchev–Trinajstić information content (AvgIpc) is 2.68. The molecule has 0 aliphatic heterocycles. The van der Waals surface area contributed by atoms with Gasteiger partial charge in [0.1, 0.15) is 5.82 Å². The van der Waals surface area contributed by atoms with E-state index in [-0.39, 0.29) is 35.7 Å². The van der Waals surface area contributed by atoms with Crippen LogP contribution >= 0.6 is 24.0 Å². The van der Waals surface area contributed by atoms with Crippen molar-refractivity contribution in [1.29, 1.82) is 0 Å². The predicted molar refractivity (Wildman–Crippen MR) is 123 cm³/mol. The van der Waals surface area contributed by atoms with Crippen LogP contribution in [0.1, 0.15) is 34.0 Å². The van der Waals surface area contributed by atoms with Gasteiger partial charge in [-0.1, -0.05) is 24.3 Å². The number of carbonyl (C=O) groups excluding carboxylic acids is 1. The number of benzene rings is 2. The van der Waals surface area contributed by atoms with E-state index in [1.54, 1.807) is 26.1 Å². The molecule has 0 saturated carbocycles. The summed E-state index contributed by atoms with van der Waals surface area (Å²) in [5.74, 6) is 0.419. The zero-order chi connectivity index (χ0) is 19.6. The number of rotatable bonds is 7. The van der Waals surface area contributed by atoms with E-state index in [0.717, 1.165) is 24.1 Å². The summed E-state index contributed by atoms with van der Waals surface area (Å²) in [6.07, 6.45) is 0.769. The molecule has 0 heterocycles. The van der Waals surface area contributed by atoms with Crippen LogP contribution in [-0.2, 0) is 13.0 Å². The summed E-state index contributed by atoms with van der Waals surface area (Å²) in [6, 6.07) is 12.6. The first-order valence-electron chi connectivity index (χ1n) is 9.11. The molecular formula is C21H28FIN4O. The third-order valence-electron chi connectivity index (χ3n) is 4.11. The number of halogens is 2. The van der Waals surface area contributed by atoms with Crippen molar-refractivity contribution >= 4 is 35.8 Å². The van der Waals surface area contributed by atoms with Crippen molar-refractivity contribution < 1.29 is 9.18 Å². The monoisotopic (exact) mass is 498 g/mol. The quantitative estimate of drug-likeness (QED) is 0.312. The first-order chi connectivity index (χ1) is 13.0. The van der Waals surface area contributed by atoms with Gasteiger partial charge < -0.3 is 16.0 Å². The topological polar surface area (TPSA) is 65.5 Å². The molecule has 2 aromatic carbocycles. The van der Waals surface area contributed by atoms with Gasteiger partial charge in [0.25, 0.3) is 5.91 Å². The first kappa shape index (κ1) is 23.9. The fraction of sp³-hybridized carbons (Fsp3) is 0.333. The van der Waals surface area contributed by atoms with E-state index < -0.39 is 0 Å². The molecule has 2 rings (SSSR count). The van der Waals surface area contributed by atoms with Crippen molar-refractivity contribution in [2.45, 2.75) is 26.8 Å². The zero-order valence-corrected chi connectivity index (χ0v) is 18.8. The van der Waals surface area contributed by atoms with Crippen molar-refractivity contribution in [1.82, 2.24) is 16.0 Å². The Balaban J connectivity index is 0.00000392. The summed E-state index contributed by atoms with van der Waals surface area (Å²) >= 11 is 0. The molecule has 3 N–H and O–H groups in total. The largest absolute Gasteiger partial charge is 0.357 e. The lowest BCUT2D eigenvalue weighted by Crippen LogP contribution is -2.38. The standard InChI is InChI=1S/C21H27FN4O.HI/c1-4-24-21(26-14-17-8-9-19(22)15(2)12-17)25-11-10-16-6-5-7-18(13-16)20(27)23-3;/h5-9,12-13H,4,10-11,14H2,1-3H3,(H,23,27)(H2,24,25,26);1H. The summed E-state index contributed by atoms with van der Waals surface area (Å²) in [7, 11) is 1.62. The highest BCUT2D eigenvalue weighted by atomic mass is 127. The Morgan fingerprint density at radius 3 is 2.57 bits per heavy atom. The number of nitrogens with zero attached hydrogens (tertiary/aromatic N) is 1. The maximum absolute atomic E-state index is 13.4. The maximum atomic E-state index is 13.4. The van der Waals surface area contributed by atoms with Crippen LogP contribution in [0.4, 0.5) is 4.39 Å². The van der Waals surface area contributed by atoms with Gasteiger partial charge in [-0.3, -0.25) is 4.79 Å². The van der Waals surface area contributed by atoms with E-state index in [2.05, 4.69) is 20.9 Å². The molecule has 0 unspecified atom stereocenters. The number of hydrogen-bond acceptors (Lipinski definition) is 2. The lowest BCUT2D eigenvalue weighted by atomic mass is 10.1. The van der Waals surface area contributed by atoms with Crippen LogP contribution in [0, 0.1) is 12.7 Å². The van der Waals surface area contributed by atoms with Crippen LogP contribution in [0.3, 0.4) is 0 Å². The van der Waals surface area contributed by atoms with Crippen LogP contribution in [0.25, 0.3) is 0 Å². The van der Waals surface area contributed by atoms with Crippen molar-refractivity contribution in [2.75, 3.05) is 20.1 Å². The second-order valence-electron chi connectivity index (χ2n) is 6.23. The van der Waals surface area contributed by atoms with Crippen molar-refractivity contribution in [3.8, 4) is 0 Å². The number of aryl methyl sites for hydroxylation is 1. The predicted octanol–water partition coefficient (Wildman–Crippen LogP) is 3.41. The summed E-state index contributed by atoms with van der Waals surface area (Å²) in [5.41, 5.74) is 3.32. The van der Waals surface area contributed by atoms with Gasteiger partial charge in [0.05, 0.1) is 6.54 Å². The van der Waals surface area contributed by atoms with E-state index in [1.807, 2.05) is 31.2 Å². The highest BCUT2D eigenvalue weighted by Gasteiger charge is 2.04. The van der Waals surface area contributed by atoms with E-state index in [9.17, 15) is 9.18 Å². The number of aliphatic imine (C=N–C) groups is 1. The molecule has 0 spiro atoms. The van der Waals surface area contributed by atoms with Crippen molar-refractivity contribution in [2.24, 2.45) is 4.99 Å². The highest BCUT2D eigenvalue weighted by Crippen LogP contribution is 2.10. The van der Waals surface area contributed by atoms with Gasteiger partial charge in [-0.25, -0.2) is 9.38 Å². The first-order valence-corrected chi connectivity index (χ1v) is 9.11. The smallest absolute Gasteiger partial charge is 0.251 e. The lowest BCUT2D eigenvalue weighted by Gasteiger charge is -2.12. The third-order valence-corrected chi connectivity index (χ3v) is 4.11. The molecular weight excluding hydrogens is 470 g/mol. The van der Waals surface area contributed by atoms with Gasteiger partial charge >= 0.3 is 0 Å². The Kier molecular flexibility index (Phi) is 10.5. The third kappa shape index (κ3) is 7.46. The Hall–Kier alpha value is -2.16. The van der Waals surface area contributed by atoms with Crippen LogP contribution < -0.4 is 16.0 Å². The SMILES string of the molecule is CCNC(=NCc1ccc(F)c(C)c1)NCCc1cccc(C(=O)NC)c1.I. The highest BCUT2D eigenvalue weighted by molar-refractivity contribution is 14.0. The number of guanidine groups is 1. The average molecular weight is 498 g/mol. The second-order valence-corrected chi connectivity index (χ2v) is 6.23. The summed E-state index contributed by atoms with van der Waals surface area (Å²) in [6.45, 7) is 5.67. The fourth-order valence-corrected chi connectivity index (χ4v) is 2.65. The molecule has 0 fully saturated rings. The number of amides is 1. The molecule has 0 radical (unpaired) electrons. The van der Waals surface area contributed by atoms with E-state index >= 15 is 0 Å². The molecule has 2 aromatic rings. The minimum Gasteiger partial charge on any atom is -0.357 e. The molecule has 0 atom stereocenters. The van der Waals surface area contributed by atoms with Crippen LogP contribution in [0.15, 0.2) is 47.5 Å². The fourth-order valence-electron chi connectivity index (χ4n) is 2.65. The van der Waals surface area contributed by atoms with Gasteiger partial charge in [-0.2, -0.15) is 0 Å². The Labute approximate surface area is 183 Å². The summed E-state index contributed by atoms with van der Waals surface area (Å²) < 4.78 is 13.4. The minimum absolute atomic E-state index is 0. The normalized spacial score (nSPS) is 10.8. The van der Waals surface area contributed by atoms with Gasteiger partial charge in [0.2, 0.25) is 0 Å². The molecule has 7 heteroatoms. The zero-order valence-electron chi connectivity index (χ0n) is 16.5. The van der Waals surface area contributed by atoms with E-state index in [0.29, 0.717) is 30.2 Å². The van der Waals surface area contributed by atoms with Gasteiger partial charge in [0, 0.05) is 25.7 Å². The number of carbonyl (C=O) groups is 1. The minimum atomic E-state index is -0.202. The van der Waals surface area contributed by atoms with E-state index in [4.69, 9.17) is 0 Å². The molecule has 0 bridgehead atoms. The van der Waals surface area contributed by atoms with Gasteiger partial charge in [-0.05, 0) is 55.2 Å². The molecule has 5 nitrogen and oxygen atoms in total. The lowest BCUT2D eigenvalue weighted by molar-refractivity contribution is 0.0963. The van der Waals surface area contributed by atoms with Crippen molar-refractivity contribution in [3.05, 3.63) is 70.5 Å². The molecule has 152 valence electrons. The molecule has 0 saturated heterocycles. The molecule has 1 amide bonds. The Bertz CT molecular complexity index is 811. The number of nitrogens with one attached hydrogen (secondary N) is 3. The van der Waals surface area contributed by atoms with Crippen LogP contribution in [0.5, 0.6) is 0 Å². The molecule has 0 aliphatic rings. The maximum Gasteiger partial charge on any atom is 0.251 e. The Morgan fingerprint density at radius 2 is 1.89 bits per heavy atom.